The van der Waals surface area contributed by atoms with Gasteiger partial charge in [0.25, 0.3) is 11.6 Å². The number of hydrogen-bond donors (Lipinski definition) is 0. The molecule has 0 radical (unpaired) electrons. The first-order valence-electron chi connectivity index (χ1n) is 9.14. The summed E-state index contributed by atoms with van der Waals surface area (Å²) >= 11 is 6.16. The minimum atomic E-state index is -0.538. The molecule has 0 saturated heterocycles. The van der Waals surface area contributed by atoms with E-state index in [2.05, 4.69) is 20.8 Å². The molecular formula is C20H20ClN5O3. The van der Waals surface area contributed by atoms with Crippen molar-refractivity contribution in [1.29, 1.82) is 0 Å². The van der Waals surface area contributed by atoms with Gasteiger partial charge >= 0.3 is 0 Å². The van der Waals surface area contributed by atoms with Crippen LogP contribution in [0.5, 0.6) is 0 Å². The molecule has 0 N–H and O–H groups in total. The Morgan fingerprint density at radius 1 is 1.21 bits per heavy atom. The summed E-state index contributed by atoms with van der Waals surface area (Å²) in [6, 6.07) is 7.77. The van der Waals surface area contributed by atoms with E-state index in [1.807, 2.05) is 33.8 Å². The average molecular weight is 414 g/mol. The third-order valence-electron chi connectivity index (χ3n) is 4.89. The fraction of sp³-hybridized carbons (Fsp3) is 0.300. The lowest BCUT2D eigenvalue weighted by Crippen LogP contribution is -2.29. The monoisotopic (exact) mass is 413 g/mol. The number of nitrogens with zero attached hydrogens (tertiary/aromatic N) is 5. The Bertz CT molecular complexity index is 1110. The van der Waals surface area contributed by atoms with Gasteiger partial charge in [-0.15, -0.1) is 0 Å². The molecule has 0 fully saturated rings. The standard InChI is InChI=1S/C20H20ClN5O3/c1-20(2,3)25-18(23-8-4-5-9-23)15-11-24(12-17(15)22-25)19(27)14-10-13(26(28)29)6-7-16(14)21/h4-10H,11-12H2,1-3H3. The van der Waals surface area contributed by atoms with Gasteiger partial charge in [-0.1, -0.05) is 11.6 Å². The summed E-state index contributed by atoms with van der Waals surface area (Å²) in [7, 11) is 0. The highest BCUT2D eigenvalue weighted by Gasteiger charge is 2.34. The van der Waals surface area contributed by atoms with Crippen LogP contribution in [0.4, 0.5) is 5.69 Å². The van der Waals surface area contributed by atoms with E-state index in [-0.39, 0.29) is 27.7 Å². The van der Waals surface area contributed by atoms with E-state index < -0.39 is 4.92 Å². The maximum Gasteiger partial charge on any atom is 0.270 e. The second-order valence-electron chi connectivity index (χ2n) is 8.00. The summed E-state index contributed by atoms with van der Waals surface area (Å²) in [6.07, 6.45) is 3.89. The van der Waals surface area contributed by atoms with E-state index in [1.165, 1.54) is 18.2 Å². The number of benzene rings is 1. The number of nitro benzene ring substituents is 1. The molecule has 1 amide bonds. The van der Waals surface area contributed by atoms with Crippen molar-refractivity contribution in [2.24, 2.45) is 0 Å². The van der Waals surface area contributed by atoms with Crippen LogP contribution in [0.1, 0.15) is 42.4 Å². The van der Waals surface area contributed by atoms with Gasteiger partial charge in [0.1, 0.15) is 5.82 Å². The van der Waals surface area contributed by atoms with Gasteiger partial charge in [-0.2, -0.15) is 5.10 Å². The molecule has 0 unspecified atom stereocenters. The Kier molecular flexibility index (Phi) is 4.46. The van der Waals surface area contributed by atoms with Gasteiger partial charge in [0.2, 0.25) is 0 Å². The number of halogens is 1. The van der Waals surface area contributed by atoms with Crippen LogP contribution in [0.25, 0.3) is 5.82 Å². The van der Waals surface area contributed by atoms with Crippen molar-refractivity contribution in [2.45, 2.75) is 39.4 Å². The Labute approximate surface area is 172 Å². The molecule has 3 aromatic rings. The second kappa shape index (κ2) is 6.73. The molecule has 0 spiro atoms. The summed E-state index contributed by atoms with van der Waals surface area (Å²) in [4.78, 5) is 25.2. The van der Waals surface area contributed by atoms with Gasteiger partial charge in [-0.05, 0) is 39.0 Å². The molecular weight excluding hydrogens is 394 g/mol. The van der Waals surface area contributed by atoms with Crippen molar-refractivity contribution >= 4 is 23.2 Å². The van der Waals surface area contributed by atoms with Gasteiger partial charge in [0, 0.05) is 30.1 Å². The molecule has 4 rings (SSSR count). The molecule has 8 nitrogen and oxygen atoms in total. The highest BCUT2D eigenvalue weighted by Crippen LogP contribution is 2.34. The number of fused-ring (bicyclic) bond motifs is 1. The molecule has 0 saturated carbocycles. The highest BCUT2D eigenvalue weighted by atomic mass is 35.5. The topological polar surface area (TPSA) is 86.2 Å². The molecule has 9 heteroatoms. The maximum absolute atomic E-state index is 13.1. The van der Waals surface area contributed by atoms with Crippen LogP contribution < -0.4 is 0 Å². The van der Waals surface area contributed by atoms with Crippen LogP contribution in [-0.2, 0) is 18.6 Å². The van der Waals surface area contributed by atoms with Gasteiger partial charge in [0.05, 0.1) is 39.8 Å². The molecule has 1 aliphatic heterocycles. The normalized spacial score (nSPS) is 13.6. The van der Waals surface area contributed by atoms with E-state index in [1.54, 1.807) is 4.90 Å². The van der Waals surface area contributed by atoms with Crippen molar-refractivity contribution in [1.82, 2.24) is 19.2 Å². The summed E-state index contributed by atoms with van der Waals surface area (Å²) in [5.74, 6) is 0.565. The Morgan fingerprint density at radius 3 is 2.52 bits per heavy atom. The van der Waals surface area contributed by atoms with E-state index in [4.69, 9.17) is 16.7 Å². The minimum absolute atomic E-state index is 0.122. The van der Waals surface area contributed by atoms with Crippen LogP contribution >= 0.6 is 11.6 Å². The molecule has 0 atom stereocenters. The summed E-state index contributed by atoms with van der Waals surface area (Å²) in [5, 5.41) is 16.0. The van der Waals surface area contributed by atoms with Crippen LogP contribution in [0.2, 0.25) is 5.02 Å². The van der Waals surface area contributed by atoms with Crippen LogP contribution in [0.3, 0.4) is 0 Å². The summed E-state index contributed by atoms with van der Waals surface area (Å²) in [6.45, 7) is 6.91. The zero-order chi connectivity index (χ0) is 20.9. The molecule has 1 aliphatic rings. The number of carbonyl (C=O) groups is 1. The Hall–Kier alpha value is -3.13. The molecule has 1 aromatic carbocycles. The lowest BCUT2D eigenvalue weighted by molar-refractivity contribution is -0.384. The molecule has 0 aliphatic carbocycles. The fourth-order valence-corrected chi connectivity index (χ4v) is 3.71. The predicted octanol–water partition coefficient (Wildman–Crippen LogP) is 4.15. The zero-order valence-electron chi connectivity index (χ0n) is 16.3. The van der Waals surface area contributed by atoms with Crippen LogP contribution in [0, 0.1) is 10.1 Å². The molecule has 0 bridgehead atoms. The number of nitro groups is 1. The third kappa shape index (κ3) is 3.29. The lowest BCUT2D eigenvalue weighted by Gasteiger charge is -2.24. The van der Waals surface area contributed by atoms with Crippen LogP contribution in [-0.4, -0.2) is 30.1 Å². The van der Waals surface area contributed by atoms with Crippen molar-refractivity contribution in [3.05, 3.63) is 74.7 Å². The number of non-ortho nitro benzene ring substituents is 1. The van der Waals surface area contributed by atoms with Crippen LogP contribution in [0.15, 0.2) is 42.7 Å². The highest BCUT2D eigenvalue weighted by molar-refractivity contribution is 6.33. The van der Waals surface area contributed by atoms with E-state index >= 15 is 0 Å². The van der Waals surface area contributed by atoms with Gasteiger partial charge in [0.15, 0.2) is 0 Å². The number of aromatic nitrogens is 3. The average Bonchev–Trinajstić information content (AvgIpc) is 3.35. The molecule has 29 heavy (non-hydrogen) atoms. The van der Waals surface area contributed by atoms with E-state index in [0.29, 0.717) is 13.1 Å². The largest absolute Gasteiger partial charge is 0.328 e. The van der Waals surface area contributed by atoms with Gasteiger partial charge in [-0.3, -0.25) is 14.9 Å². The van der Waals surface area contributed by atoms with Crippen molar-refractivity contribution < 1.29 is 9.72 Å². The Morgan fingerprint density at radius 2 is 1.90 bits per heavy atom. The number of carbonyl (C=O) groups excluding carboxylic acids is 1. The first kappa shape index (κ1) is 19.2. The number of rotatable bonds is 3. The SMILES string of the molecule is CC(C)(C)n1nc2c(c1-n1cccc1)CN(C(=O)c1cc([N+](=O)[O-])ccc1Cl)C2. The number of hydrogen-bond acceptors (Lipinski definition) is 4. The summed E-state index contributed by atoms with van der Waals surface area (Å²) in [5.41, 5.74) is 1.50. The van der Waals surface area contributed by atoms with E-state index in [0.717, 1.165) is 17.1 Å². The van der Waals surface area contributed by atoms with Gasteiger partial charge in [-0.25, -0.2) is 4.68 Å². The quantitative estimate of drug-likeness (QED) is 0.476. The molecule has 2 aromatic heterocycles. The smallest absolute Gasteiger partial charge is 0.270 e. The predicted molar refractivity (Wildman–Crippen MR) is 108 cm³/mol. The molecule has 150 valence electrons. The number of amides is 1. The first-order chi connectivity index (χ1) is 13.7. The Balaban J connectivity index is 1.71. The zero-order valence-corrected chi connectivity index (χ0v) is 17.1. The molecule has 3 heterocycles. The second-order valence-corrected chi connectivity index (χ2v) is 8.41. The van der Waals surface area contributed by atoms with E-state index in [9.17, 15) is 14.9 Å². The fourth-order valence-electron chi connectivity index (χ4n) is 3.52. The summed E-state index contributed by atoms with van der Waals surface area (Å²) < 4.78 is 3.96. The lowest BCUT2D eigenvalue weighted by atomic mass is 10.1. The minimum Gasteiger partial charge on any atom is -0.328 e. The first-order valence-corrected chi connectivity index (χ1v) is 9.52. The van der Waals surface area contributed by atoms with Crippen molar-refractivity contribution in [2.75, 3.05) is 0 Å². The maximum atomic E-state index is 13.1. The third-order valence-corrected chi connectivity index (χ3v) is 5.22. The van der Waals surface area contributed by atoms with Crippen molar-refractivity contribution in [3.8, 4) is 5.82 Å². The van der Waals surface area contributed by atoms with Crippen molar-refractivity contribution in [3.63, 3.8) is 0 Å². The van der Waals surface area contributed by atoms with Gasteiger partial charge < -0.3 is 9.47 Å².